The van der Waals surface area contributed by atoms with Gasteiger partial charge in [0.25, 0.3) is 0 Å². The highest BCUT2D eigenvalue weighted by atomic mass is 16.4. The van der Waals surface area contributed by atoms with Crippen LogP contribution < -0.4 is 0 Å². The summed E-state index contributed by atoms with van der Waals surface area (Å²) >= 11 is 0. The first-order valence-electron chi connectivity index (χ1n) is 8.23. The van der Waals surface area contributed by atoms with Gasteiger partial charge in [-0.05, 0) is 62.4 Å². The van der Waals surface area contributed by atoms with Gasteiger partial charge < -0.3 is 10.0 Å². The Bertz CT molecular complexity index is 330. The lowest BCUT2D eigenvalue weighted by atomic mass is 9.35. The van der Waals surface area contributed by atoms with Crippen LogP contribution in [0, 0.1) is 22.7 Å². The van der Waals surface area contributed by atoms with Gasteiger partial charge in [-0.1, -0.05) is 27.7 Å². The van der Waals surface area contributed by atoms with E-state index in [2.05, 4.69) is 32.6 Å². The molecular weight excluding hydrogens is 250 g/mol. The molecule has 3 aliphatic rings. The van der Waals surface area contributed by atoms with Crippen LogP contribution >= 0.6 is 0 Å². The normalized spacial score (nSPS) is 31.6. The van der Waals surface area contributed by atoms with Crippen molar-refractivity contribution < 1.29 is 9.90 Å². The number of aliphatic carboxylic acids is 1. The van der Waals surface area contributed by atoms with Crippen molar-refractivity contribution in [1.82, 2.24) is 4.90 Å². The SMILES string of the molecule is CC(C)CCN(CCC(C)C)CC12CC(C(=O)O)(C1)C2. The summed E-state index contributed by atoms with van der Waals surface area (Å²) in [5.41, 5.74) is 0.0358. The van der Waals surface area contributed by atoms with E-state index < -0.39 is 5.97 Å². The summed E-state index contributed by atoms with van der Waals surface area (Å²) in [5.74, 6) is 0.931. The molecule has 3 aliphatic carbocycles. The van der Waals surface area contributed by atoms with Crippen LogP contribution in [-0.4, -0.2) is 35.6 Å². The van der Waals surface area contributed by atoms with Crippen LogP contribution in [-0.2, 0) is 4.79 Å². The van der Waals surface area contributed by atoms with Crippen molar-refractivity contribution in [3.63, 3.8) is 0 Å². The first-order chi connectivity index (χ1) is 9.27. The van der Waals surface area contributed by atoms with E-state index in [-0.39, 0.29) is 5.41 Å². The fourth-order valence-electron chi connectivity index (χ4n) is 4.02. The van der Waals surface area contributed by atoms with Crippen LogP contribution in [0.25, 0.3) is 0 Å². The molecule has 116 valence electrons. The van der Waals surface area contributed by atoms with Crippen molar-refractivity contribution in [3.05, 3.63) is 0 Å². The molecule has 3 heteroatoms. The van der Waals surface area contributed by atoms with Crippen LogP contribution in [0.15, 0.2) is 0 Å². The molecule has 3 fully saturated rings. The van der Waals surface area contributed by atoms with E-state index in [1.54, 1.807) is 0 Å². The second-order valence-corrected chi connectivity index (χ2v) is 8.26. The molecule has 2 bridgehead atoms. The molecule has 0 amide bonds. The maximum Gasteiger partial charge on any atom is 0.309 e. The molecule has 0 heterocycles. The second kappa shape index (κ2) is 5.67. The number of hydrogen-bond acceptors (Lipinski definition) is 2. The Kier molecular flexibility index (Phi) is 4.48. The van der Waals surface area contributed by atoms with E-state index in [4.69, 9.17) is 0 Å². The van der Waals surface area contributed by atoms with Crippen molar-refractivity contribution in [3.8, 4) is 0 Å². The molecule has 0 aromatic rings. The molecule has 20 heavy (non-hydrogen) atoms. The summed E-state index contributed by atoms with van der Waals surface area (Å²) in [6, 6.07) is 0. The van der Waals surface area contributed by atoms with E-state index >= 15 is 0 Å². The Labute approximate surface area is 123 Å². The molecule has 0 aliphatic heterocycles. The smallest absolute Gasteiger partial charge is 0.309 e. The van der Waals surface area contributed by atoms with Gasteiger partial charge in [0, 0.05) is 6.54 Å². The topological polar surface area (TPSA) is 40.5 Å². The third kappa shape index (κ3) is 3.19. The Morgan fingerprint density at radius 3 is 1.85 bits per heavy atom. The zero-order chi connectivity index (χ0) is 15.0. The van der Waals surface area contributed by atoms with Crippen LogP contribution in [0.2, 0.25) is 0 Å². The van der Waals surface area contributed by atoms with Crippen molar-refractivity contribution >= 4 is 5.97 Å². The quantitative estimate of drug-likeness (QED) is 0.701. The molecule has 0 aromatic heterocycles. The molecule has 0 atom stereocenters. The zero-order valence-electron chi connectivity index (χ0n) is 13.6. The molecule has 0 radical (unpaired) electrons. The Hall–Kier alpha value is -0.570. The summed E-state index contributed by atoms with van der Waals surface area (Å²) < 4.78 is 0. The monoisotopic (exact) mass is 281 g/mol. The molecule has 1 N–H and O–H groups in total. The second-order valence-electron chi connectivity index (χ2n) is 8.26. The molecule has 0 saturated heterocycles. The predicted molar refractivity (Wildman–Crippen MR) is 81.7 cm³/mol. The number of nitrogens with zero attached hydrogens (tertiary/aromatic N) is 1. The van der Waals surface area contributed by atoms with Gasteiger partial charge in [-0.3, -0.25) is 4.79 Å². The standard InChI is InChI=1S/C17H31NO2/c1-13(2)5-7-18(8-6-14(3)4)12-16-9-17(10-16,11-16)15(19)20/h13-14H,5-12H2,1-4H3,(H,19,20). The van der Waals surface area contributed by atoms with E-state index in [0.717, 1.165) is 37.6 Å². The molecule has 3 saturated carbocycles. The van der Waals surface area contributed by atoms with Crippen LogP contribution in [0.4, 0.5) is 0 Å². The number of carbonyl (C=O) groups is 1. The number of carboxylic acids is 1. The largest absolute Gasteiger partial charge is 0.481 e. The van der Waals surface area contributed by atoms with Gasteiger partial charge in [0.05, 0.1) is 5.41 Å². The number of carboxylic acid groups (broad SMARTS) is 1. The minimum absolute atomic E-state index is 0.318. The Morgan fingerprint density at radius 2 is 1.50 bits per heavy atom. The number of rotatable bonds is 9. The van der Waals surface area contributed by atoms with Crippen LogP contribution in [0.3, 0.4) is 0 Å². The highest BCUT2D eigenvalue weighted by Gasteiger charge is 2.71. The third-order valence-corrected chi connectivity index (χ3v) is 5.20. The molecule has 0 unspecified atom stereocenters. The molecule has 3 nitrogen and oxygen atoms in total. The first-order valence-corrected chi connectivity index (χ1v) is 8.23. The summed E-state index contributed by atoms with van der Waals surface area (Å²) in [6.07, 6.45) is 5.27. The van der Waals surface area contributed by atoms with Crippen molar-refractivity contribution in [1.29, 1.82) is 0 Å². The van der Waals surface area contributed by atoms with Crippen molar-refractivity contribution in [2.45, 2.75) is 59.8 Å². The van der Waals surface area contributed by atoms with Gasteiger partial charge in [-0.25, -0.2) is 0 Å². The van der Waals surface area contributed by atoms with E-state index in [9.17, 15) is 9.90 Å². The first kappa shape index (κ1) is 15.8. The van der Waals surface area contributed by atoms with E-state index in [0.29, 0.717) is 5.41 Å². The highest BCUT2D eigenvalue weighted by molar-refractivity contribution is 5.79. The van der Waals surface area contributed by atoms with E-state index in [1.807, 2.05) is 0 Å². The fraction of sp³-hybridized carbons (Fsp3) is 0.941. The molecular formula is C17H31NO2. The Balaban J connectivity index is 1.81. The Morgan fingerprint density at radius 1 is 1.05 bits per heavy atom. The van der Waals surface area contributed by atoms with Crippen LogP contribution in [0.5, 0.6) is 0 Å². The summed E-state index contributed by atoms with van der Waals surface area (Å²) in [5, 5.41) is 9.22. The lowest BCUT2D eigenvalue weighted by molar-refractivity contribution is -0.228. The minimum Gasteiger partial charge on any atom is -0.481 e. The van der Waals surface area contributed by atoms with Gasteiger partial charge in [0.15, 0.2) is 0 Å². The van der Waals surface area contributed by atoms with Crippen molar-refractivity contribution in [2.24, 2.45) is 22.7 Å². The van der Waals surface area contributed by atoms with Gasteiger partial charge in [-0.2, -0.15) is 0 Å². The fourth-order valence-corrected chi connectivity index (χ4v) is 4.02. The molecule has 0 aromatic carbocycles. The third-order valence-electron chi connectivity index (χ3n) is 5.20. The summed E-state index contributed by atoms with van der Waals surface area (Å²) in [6.45, 7) is 12.6. The predicted octanol–water partition coefficient (Wildman–Crippen LogP) is 3.64. The summed E-state index contributed by atoms with van der Waals surface area (Å²) in [4.78, 5) is 13.8. The average Bonchev–Trinajstić information content (AvgIpc) is 2.22. The minimum atomic E-state index is -0.560. The lowest BCUT2D eigenvalue weighted by Crippen LogP contribution is -2.68. The zero-order valence-corrected chi connectivity index (χ0v) is 13.6. The average molecular weight is 281 g/mol. The molecule has 3 rings (SSSR count). The van der Waals surface area contributed by atoms with Crippen molar-refractivity contribution in [2.75, 3.05) is 19.6 Å². The summed E-state index contributed by atoms with van der Waals surface area (Å²) in [7, 11) is 0. The molecule has 0 spiro atoms. The van der Waals surface area contributed by atoms with Gasteiger partial charge in [0.1, 0.15) is 0 Å². The number of hydrogen-bond donors (Lipinski definition) is 1. The van der Waals surface area contributed by atoms with Gasteiger partial charge >= 0.3 is 5.97 Å². The highest BCUT2D eigenvalue weighted by Crippen LogP contribution is 2.73. The lowest BCUT2D eigenvalue weighted by Gasteiger charge is -2.69. The maximum absolute atomic E-state index is 11.2. The maximum atomic E-state index is 11.2. The van der Waals surface area contributed by atoms with Crippen LogP contribution in [0.1, 0.15) is 59.8 Å². The van der Waals surface area contributed by atoms with E-state index in [1.165, 1.54) is 25.9 Å². The van der Waals surface area contributed by atoms with Gasteiger partial charge in [-0.15, -0.1) is 0 Å². The van der Waals surface area contributed by atoms with Gasteiger partial charge in [0.2, 0.25) is 0 Å².